The molecular weight excluding hydrogens is 332 g/mol. The Morgan fingerprint density at radius 1 is 1.55 bits per heavy atom. The average molecular weight is 341 g/mol. The monoisotopic (exact) mass is 340 g/mol. The zero-order valence-electron chi connectivity index (χ0n) is 10.3. The van der Waals surface area contributed by atoms with Gasteiger partial charge in [-0.15, -0.1) is 5.10 Å². The van der Waals surface area contributed by atoms with Crippen LogP contribution in [0.4, 0.5) is 5.69 Å². The summed E-state index contributed by atoms with van der Waals surface area (Å²) in [5.74, 6) is -1.18. The van der Waals surface area contributed by atoms with Gasteiger partial charge in [0.25, 0.3) is 5.69 Å². The predicted octanol–water partition coefficient (Wildman–Crippen LogP) is 2.20. The Bertz CT molecular complexity index is 698. The first-order chi connectivity index (χ1) is 9.45. The fourth-order valence-corrected chi connectivity index (χ4v) is 2.16. The number of nitro benzene ring substituents is 1. The van der Waals surface area contributed by atoms with Crippen LogP contribution in [0.15, 0.2) is 22.7 Å². The molecule has 1 aromatic heterocycles. The number of carboxylic acid groups (broad SMARTS) is 1. The van der Waals surface area contributed by atoms with Gasteiger partial charge in [0, 0.05) is 6.07 Å². The summed E-state index contributed by atoms with van der Waals surface area (Å²) in [4.78, 5) is 21.4. The second-order valence-electron chi connectivity index (χ2n) is 3.85. The van der Waals surface area contributed by atoms with E-state index < -0.39 is 10.9 Å². The first-order valence-electron chi connectivity index (χ1n) is 5.57. The molecule has 2 rings (SSSR count). The topological polar surface area (TPSA) is 111 Å². The van der Waals surface area contributed by atoms with Gasteiger partial charge in [-0.3, -0.25) is 10.1 Å². The summed E-state index contributed by atoms with van der Waals surface area (Å²) in [6, 6.07) is 4.41. The number of hydrogen-bond acceptors (Lipinski definition) is 5. The summed E-state index contributed by atoms with van der Waals surface area (Å²) >= 11 is 3.09. The Hall–Kier alpha value is -2.29. The van der Waals surface area contributed by atoms with E-state index in [2.05, 4.69) is 26.2 Å². The number of nitro groups is 1. The van der Waals surface area contributed by atoms with Crippen LogP contribution >= 0.6 is 15.9 Å². The van der Waals surface area contributed by atoms with Crippen LogP contribution in [0, 0.1) is 10.1 Å². The van der Waals surface area contributed by atoms with Gasteiger partial charge in [-0.05, 0) is 34.5 Å². The highest BCUT2D eigenvalue weighted by molar-refractivity contribution is 9.10. The number of carbonyl (C=O) groups is 1. The van der Waals surface area contributed by atoms with Crippen LogP contribution in [0.3, 0.4) is 0 Å². The van der Waals surface area contributed by atoms with Gasteiger partial charge in [0.2, 0.25) is 0 Å². The highest BCUT2D eigenvalue weighted by Crippen LogP contribution is 2.27. The zero-order valence-corrected chi connectivity index (χ0v) is 11.9. The molecule has 0 spiro atoms. The first kappa shape index (κ1) is 14.1. The van der Waals surface area contributed by atoms with Gasteiger partial charge in [0.1, 0.15) is 0 Å². The van der Waals surface area contributed by atoms with E-state index in [4.69, 9.17) is 5.11 Å². The van der Waals surface area contributed by atoms with Crippen molar-refractivity contribution in [3.63, 3.8) is 0 Å². The number of aromatic carboxylic acids is 1. The lowest BCUT2D eigenvalue weighted by Crippen LogP contribution is -2.06. The molecule has 1 N–H and O–H groups in total. The van der Waals surface area contributed by atoms with E-state index in [1.165, 1.54) is 16.8 Å². The number of carboxylic acids is 1. The van der Waals surface area contributed by atoms with Crippen LogP contribution in [0.1, 0.15) is 23.1 Å². The van der Waals surface area contributed by atoms with E-state index in [0.29, 0.717) is 22.3 Å². The summed E-state index contributed by atoms with van der Waals surface area (Å²) in [7, 11) is 0. The molecule has 0 bridgehead atoms. The van der Waals surface area contributed by atoms with Crippen molar-refractivity contribution in [2.24, 2.45) is 0 Å². The molecule has 8 nitrogen and oxygen atoms in total. The third-order valence-electron chi connectivity index (χ3n) is 2.67. The molecule has 1 aromatic carbocycles. The lowest BCUT2D eigenvalue weighted by molar-refractivity contribution is -0.385. The summed E-state index contributed by atoms with van der Waals surface area (Å²) < 4.78 is 1.63. The molecule has 0 aliphatic carbocycles. The summed E-state index contributed by atoms with van der Waals surface area (Å²) in [6.45, 7) is 1.76. The molecule has 20 heavy (non-hydrogen) atoms. The van der Waals surface area contributed by atoms with Crippen LogP contribution in [-0.2, 0) is 6.42 Å². The molecule has 104 valence electrons. The molecule has 0 aliphatic rings. The van der Waals surface area contributed by atoms with Gasteiger partial charge >= 0.3 is 5.97 Å². The standard InChI is InChI=1S/C11H9BrN4O4/c1-2-8-10(11(17)18)13-14-15(8)6-3-4-7(12)9(5-6)16(19)20/h3-5H,2H2,1H3,(H,17,18). The summed E-state index contributed by atoms with van der Waals surface area (Å²) in [5, 5.41) is 27.3. The van der Waals surface area contributed by atoms with Crippen molar-refractivity contribution in [3.8, 4) is 5.69 Å². The van der Waals surface area contributed by atoms with E-state index in [9.17, 15) is 14.9 Å². The van der Waals surface area contributed by atoms with Crippen molar-refractivity contribution in [1.29, 1.82) is 0 Å². The Kier molecular flexibility index (Phi) is 3.79. The van der Waals surface area contributed by atoms with E-state index in [1.54, 1.807) is 13.0 Å². The molecule has 0 amide bonds. The molecule has 0 radical (unpaired) electrons. The normalized spacial score (nSPS) is 10.5. The number of halogens is 1. The number of aromatic nitrogens is 3. The molecule has 0 fully saturated rings. The van der Waals surface area contributed by atoms with Gasteiger partial charge in [0.05, 0.1) is 20.8 Å². The van der Waals surface area contributed by atoms with Crippen LogP contribution < -0.4 is 0 Å². The van der Waals surface area contributed by atoms with E-state index in [-0.39, 0.29) is 11.4 Å². The van der Waals surface area contributed by atoms with Crippen molar-refractivity contribution in [2.75, 3.05) is 0 Å². The van der Waals surface area contributed by atoms with Crippen LogP contribution in [0.2, 0.25) is 0 Å². The molecule has 0 atom stereocenters. The minimum absolute atomic E-state index is 0.128. The zero-order chi connectivity index (χ0) is 14.9. The second kappa shape index (κ2) is 5.37. The maximum absolute atomic E-state index is 11.0. The van der Waals surface area contributed by atoms with Gasteiger partial charge in [0.15, 0.2) is 5.69 Å². The number of rotatable bonds is 4. The van der Waals surface area contributed by atoms with Crippen LogP contribution in [0.25, 0.3) is 5.69 Å². The molecule has 0 aliphatic heterocycles. The van der Waals surface area contributed by atoms with Crippen molar-refractivity contribution >= 4 is 27.6 Å². The van der Waals surface area contributed by atoms with Crippen molar-refractivity contribution < 1.29 is 14.8 Å². The average Bonchev–Trinajstić information content (AvgIpc) is 2.82. The largest absolute Gasteiger partial charge is 0.476 e. The van der Waals surface area contributed by atoms with Crippen LogP contribution in [0.5, 0.6) is 0 Å². The first-order valence-corrected chi connectivity index (χ1v) is 6.37. The lowest BCUT2D eigenvalue weighted by Gasteiger charge is -2.05. The highest BCUT2D eigenvalue weighted by atomic mass is 79.9. The third-order valence-corrected chi connectivity index (χ3v) is 3.34. The van der Waals surface area contributed by atoms with Crippen LogP contribution in [-0.4, -0.2) is 31.0 Å². The minimum Gasteiger partial charge on any atom is -0.476 e. The van der Waals surface area contributed by atoms with Crippen molar-refractivity contribution in [2.45, 2.75) is 13.3 Å². The number of benzene rings is 1. The maximum Gasteiger partial charge on any atom is 0.358 e. The molecule has 9 heteroatoms. The van der Waals surface area contributed by atoms with Gasteiger partial charge < -0.3 is 5.11 Å². The SMILES string of the molecule is CCc1c(C(=O)O)nnn1-c1ccc(Br)c([N+](=O)[O-])c1. The highest BCUT2D eigenvalue weighted by Gasteiger charge is 2.20. The molecular formula is C11H9BrN4O4. The minimum atomic E-state index is -1.18. The fraction of sp³-hybridized carbons (Fsp3) is 0.182. The van der Waals surface area contributed by atoms with Gasteiger partial charge in [-0.25, -0.2) is 9.48 Å². The van der Waals surface area contributed by atoms with E-state index >= 15 is 0 Å². The molecule has 0 saturated heterocycles. The van der Waals surface area contributed by atoms with Crippen molar-refractivity contribution in [1.82, 2.24) is 15.0 Å². The summed E-state index contributed by atoms with van der Waals surface area (Å²) in [5.41, 5.74) is 0.487. The maximum atomic E-state index is 11.0. The van der Waals surface area contributed by atoms with E-state index in [1.807, 2.05) is 0 Å². The van der Waals surface area contributed by atoms with E-state index in [0.717, 1.165) is 0 Å². The quantitative estimate of drug-likeness (QED) is 0.674. The number of nitrogens with zero attached hydrogens (tertiary/aromatic N) is 4. The Morgan fingerprint density at radius 3 is 2.80 bits per heavy atom. The fourth-order valence-electron chi connectivity index (χ4n) is 1.77. The Balaban J connectivity index is 2.60. The molecule has 2 aromatic rings. The molecule has 0 saturated carbocycles. The lowest BCUT2D eigenvalue weighted by atomic mass is 10.2. The smallest absolute Gasteiger partial charge is 0.358 e. The Morgan fingerprint density at radius 2 is 2.25 bits per heavy atom. The molecule has 0 unspecified atom stereocenters. The second-order valence-corrected chi connectivity index (χ2v) is 4.70. The summed E-state index contributed by atoms with van der Waals surface area (Å²) in [6.07, 6.45) is 0.387. The molecule has 1 heterocycles. The van der Waals surface area contributed by atoms with Crippen molar-refractivity contribution in [3.05, 3.63) is 44.2 Å². The Labute approximate surface area is 121 Å². The predicted molar refractivity (Wildman–Crippen MR) is 72.1 cm³/mol. The van der Waals surface area contributed by atoms with Gasteiger partial charge in [-0.1, -0.05) is 12.1 Å². The number of hydrogen-bond donors (Lipinski definition) is 1. The third kappa shape index (κ3) is 2.39. The van der Waals surface area contributed by atoms with Gasteiger partial charge in [-0.2, -0.15) is 0 Å².